The third kappa shape index (κ3) is 3.89. The maximum atomic E-state index is 11.6. The van der Waals surface area contributed by atoms with Gasteiger partial charge >= 0.3 is 0 Å². The fourth-order valence-electron chi connectivity index (χ4n) is 1.07. The molecule has 4 nitrogen and oxygen atoms in total. The van der Waals surface area contributed by atoms with E-state index in [-0.39, 0.29) is 12.5 Å². The summed E-state index contributed by atoms with van der Waals surface area (Å²) in [5, 5.41) is 3.34. The third-order valence-electron chi connectivity index (χ3n) is 1.87. The number of ether oxygens (including phenoxy) is 1. The van der Waals surface area contributed by atoms with Crippen molar-refractivity contribution in [1.82, 2.24) is 0 Å². The summed E-state index contributed by atoms with van der Waals surface area (Å²) in [6, 6.07) is 4.54. The van der Waals surface area contributed by atoms with Crippen LogP contribution in [0.15, 0.2) is 18.2 Å². The Balaban J connectivity index is 2.69. The van der Waals surface area contributed by atoms with Gasteiger partial charge in [0.05, 0.1) is 12.3 Å². The van der Waals surface area contributed by atoms with Gasteiger partial charge in [-0.15, -0.1) is 0 Å². The summed E-state index contributed by atoms with van der Waals surface area (Å²) >= 11 is 7.90. The highest BCUT2D eigenvalue weighted by molar-refractivity contribution is 14.1. The van der Waals surface area contributed by atoms with Gasteiger partial charge in [0.25, 0.3) is 0 Å². The Kier molecular flexibility index (Phi) is 5.47. The van der Waals surface area contributed by atoms with Crippen LogP contribution in [0.5, 0.6) is 0 Å². The molecule has 0 radical (unpaired) electrons. The van der Waals surface area contributed by atoms with Crippen molar-refractivity contribution in [1.29, 1.82) is 0 Å². The predicted octanol–water partition coefficient (Wildman–Crippen LogP) is 1.86. The maximum Gasteiger partial charge on any atom is 0.243 e. The fraction of sp³-hybridized carbons (Fsp3) is 0.300. The van der Waals surface area contributed by atoms with Crippen LogP contribution in [0.25, 0.3) is 0 Å². The molecule has 0 bridgehead atoms. The quantitative estimate of drug-likeness (QED) is 0.811. The van der Waals surface area contributed by atoms with E-state index in [0.717, 1.165) is 3.57 Å². The van der Waals surface area contributed by atoms with Crippen LogP contribution in [0.3, 0.4) is 0 Å². The Morgan fingerprint density at radius 3 is 2.94 bits per heavy atom. The molecule has 0 aliphatic heterocycles. The van der Waals surface area contributed by atoms with Crippen molar-refractivity contribution in [2.45, 2.75) is 6.04 Å². The topological polar surface area (TPSA) is 64.3 Å². The van der Waals surface area contributed by atoms with Gasteiger partial charge in [0.15, 0.2) is 0 Å². The minimum absolute atomic E-state index is 0.190. The number of anilines is 1. The lowest BCUT2D eigenvalue weighted by Gasteiger charge is -2.12. The van der Waals surface area contributed by atoms with Crippen LogP contribution in [0.4, 0.5) is 5.69 Å². The number of benzene rings is 1. The SMILES string of the molecule is COCC(N)C(=O)Nc1ccc(Cl)cc1I. The molecular weight excluding hydrogens is 342 g/mol. The first-order chi connectivity index (χ1) is 7.54. The molecule has 1 aromatic rings. The van der Waals surface area contributed by atoms with Crippen molar-refractivity contribution in [2.24, 2.45) is 5.73 Å². The summed E-state index contributed by atoms with van der Waals surface area (Å²) in [6.07, 6.45) is 0. The minimum atomic E-state index is -0.670. The third-order valence-corrected chi connectivity index (χ3v) is 3.00. The van der Waals surface area contributed by atoms with Crippen LogP contribution in [0.2, 0.25) is 5.02 Å². The van der Waals surface area contributed by atoms with Gasteiger partial charge in [-0.2, -0.15) is 0 Å². The molecule has 0 aromatic heterocycles. The number of halogens is 2. The number of hydrogen-bond acceptors (Lipinski definition) is 3. The van der Waals surface area contributed by atoms with Crippen molar-refractivity contribution in [3.05, 3.63) is 26.8 Å². The summed E-state index contributed by atoms with van der Waals surface area (Å²) in [7, 11) is 1.50. The number of hydrogen-bond donors (Lipinski definition) is 2. The number of nitrogens with two attached hydrogens (primary N) is 1. The van der Waals surface area contributed by atoms with Crippen molar-refractivity contribution >= 4 is 45.8 Å². The van der Waals surface area contributed by atoms with Gasteiger partial charge in [-0.1, -0.05) is 11.6 Å². The zero-order chi connectivity index (χ0) is 12.1. The van der Waals surface area contributed by atoms with Gasteiger partial charge in [-0.05, 0) is 40.8 Å². The lowest BCUT2D eigenvalue weighted by Crippen LogP contribution is -2.39. The summed E-state index contributed by atoms with van der Waals surface area (Å²) in [4.78, 5) is 11.6. The molecule has 1 atom stereocenters. The zero-order valence-corrected chi connectivity index (χ0v) is 11.6. The average Bonchev–Trinajstić information content (AvgIpc) is 2.22. The summed E-state index contributed by atoms with van der Waals surface area (Å²) in [5.41, 5.74) is 6.29. The Hall–Kier alpha value is -0.370. The van der Waals surface area contributed by atoms with Crippen LogP contribution in [0, 0.1) is 3.57 Å². The molecule has 0 aliphatic rings. The second-order valence-electron chi connectivity index (χ2n) is 3.18. The normalized spacial score (nSPS) is 12.2. The molecule has 0 fully saturated rings. The second-order valence-corrected chi connectivity index (χ2v) is 4.77. The Morgan fingerprint density at radius 1 is 1.69 bits per heavy atom. The molecule has 0 spiro atoms. The highest BCUT2D eigenvalue weighted by atomic mass is 127. The van der Waals surface area contributed by atoms with Gasteiger partial charge in [-0.25, -0.2) is 0 Å². The van der Waals surface area contributed by atoms with Crippen LogP contribution in [-0.2, 0) is 9.53 Å². The van der Waals surface area contributed by atoms with Crippen molar-refractivity contribution in [3.63, 3.8) is 0 Å². The van der Waals surface area contributed by atoms with E-state index in [9.17, 15) is 4.79 Å². The van der Waals surface area contributed by atoms with Crippen molar-refractivity contribution < 1.29 is 9.53 Å². The minimum Gasteiger partial charge on any atom is -0.383 e. The van der Waals surface area contributed by atoms with Crippen LogP contribution in [0.1, 0.15) is 0 Å². The lowest BCUT2D eigenvalue weighted by molar-refractivity contribution is -0.118. The molecule has 1 aromatic carbocycles. The Bertz CT molecular complexity index is 387. The van der Waals surface area contributed by atoms with Crippen molar-refractivity contribution in [2.75, 3.05) is 19.0 Å². The molecular formula is C10H12ClIN2O2. The van der Waals surface area contributed by atoms with E-state index in [1.807, 2.05) is 0 Å². The maximum absolute atomic E-state index is 11.6. The molecule has 1 amide bonds. The summed E-state index contributed by atoms with van der Waals surface area (Å²) in [5.74, 6) is -0.276. The van der Waals surface area contributed by atoms with Crippen molar-refractivity contribution in [3.8, 4) is 0 Å². The number of methoxy groups -OCH3 is 1. The number of carbonyl (C=O) groups is 1. The molecule has 3 N–H and O–H groups in total. The van der Waals surface area contributed by atoms with Crippen LogP contribution < -0.4 is 11.1 Å². The highest BCUT2D eigenvalue weighted by Crippen LogP contribution is 2.22. The van der Waals surface area contributed by atoms with Gasteiger partial charge in [0.1, 0.15) is 6.04 Å². The first kappa shape index (κ1) is 13.7. The van der Waals surface area contributed by atoms with E-state index in [2.05, 4.69) is 27.9 Å². The molecule has 6 heteroatoms. The average molecular weight is 355 g/mol. The lowest BCUT2D eigenvalue weighted by atomic mass is 10.2. The van der Waals surface area contributed by atoms with Crippen LogP contribution >= 0.6 is 34.2 Å². The number of carbonyl (C=O) groups excluding carboxylic acids is 1. The van der Waals surface area contributed by atoms with Gasteiger partial charge in [0.2, 0.25) is 5.91 Å². The molecule has 0 heterocycles. The summed E-state index contributed by atoms with van der Waals surface area (Å²) < 4.78 is 5.67. The smallest absolute Gasteiger partial charge is 0.243 e. The van der Waals surface area contributed by atoms with E-state index < -0.39 is 6.04 Å². The van der Waals surface area contributed by atoms with Gasteiger partial charge in [-0.3, -0.25) is 4.79 Å². The molecule has 16 heavy (non-hydrogen) atoms. The fourth-order valence-corrected chi connectivity index (χ4v) is 2.08. The van der Waals surface area contributed by atoms with E-state index in [0.29, 0.717) is 10.7 Å². The molecule has 1 rings (SSSR count). The van der Waals surface area contributed by atoms with Gasteiger partial charge < -0.3 is 15.8 Å². The second kappa shape index (κ2) is 6.39. The Labute approximate surface area is 113 Å². The highest BCUT2D eigenvalue weighted by Gasteiger charge is 2.14. The molecule has 0 saturated heterocycles. The molecule has 0 aliphatic carbocycles. The van der Waals surface area contributed by atoms with Gasteiger partial charge in [0, 0.05) is 15.7 Å². The van der Waals surface area contributed by atoms with E-state index in [1.165, 1.54) is 7.11 Å². The van der Waals surface area contributed by atoms with E-state index in [1.54, 1.807) is 18.2 Å². The first-order valence-corrected chi connectivity index (χ1v) is 6.00. The standard InChI is InChI=1S/C10H12ClIN2O2/c1-16-5-8(13)10(15)14-9-3-2-6(11)4-7(9)12/h2-4,8H,5,13H2,1H3,(H,14,15). The van der Waals surface area contributed by atoms with E-state index in [4.69, 9.17) is 22.1 Å². The van der Waals surface area contributed by atoms with Crippen LogP contribution in [-0.4, -0.2) is 25.7 Å². The number of nitrogens with one attached hydrogen (secondary N) is 1. The molecule has 1 unspecified atom stereocenters. The molecule has 88 valence electrons. The largest absolute Gasteiger partial charge is 0.383 e. The Morgan fingerprint density at radius 2 is 2.38 bits per heavy atom. The zero-order valence-electron chi connectivity index (χ0n) is 8.67. The monoisotopic (exact) mass is 354 g/mol. The molecule has 0 saturated carbocycles. The number of rotatable bonds is 4. The summed E-state index contributed by atoms with van der Waals surface area (Å²) in [6.45, 7) is 0.190. The van der Waals surface area contributed by atoms with E-state index >= 15 is 0 Å². The predicted molar refractivity (Wildman–Crippen MR) is 72.7 cm³/mol. The number of amides is 1. The first-order valence-electron chi connectivity index (χ1n) is 4.55.